The minimum atomic E-state index is -2.41. The van der Waals surface area contributed by atoms with Gasteiger partial charge in [-0.25, -0.2) is 9.18 Å². The maximum Gasteiger partial charge on any atom is 0.331 e. The molecule has 6 N–H and O–H groups in total. The molecular weight excluding hydrogens is 293 g/mol. The van der Waals surface area contributed by atoms with Gasteiger partial charge in [0.05, 0.1) is 6.61 Å². The van der Waals surface area contributed by atoms with Crippen LogP contribution >= 0.6 is 0 Å². The first-order valence-corrected chi connectivity index (χ1v) is 6.70. The standard InChI is InChI=1S/C14H18FN3O4/c1-8-6-9(11(16)19)7-13(17,12(20)21)14(8,15)10-2-4-18-22-5-3-10/h2,4,6-7,10,18H,3,5,17H2,1H3,(H2,16,19)(H,20,21)/t10-,13?,14?/m1/s1. The molecule has 1 amide bonds. The van der Waals surface area contributed by atoms with Crippen LogP contribution in [0.5, 0.6) is 0 Å². The smallest absolute Gasteiger partial charge is 0.331 e. The van der Waals surface area contributed by atoms with Crippen LogP contribution in [-0.2, 0) is 14.4 Å². The highest BCUT2D eigenvalue weighted by Gasteiger charge is 2.60. The minimum Gasteiger partial charge on any atom is -0.480 e. The van der Waals surface area contributed by atoms with Crippen molar-refractivity contribution in [3.05, 3.63) is 35.6 Å². The van der Waals surface area contributed by atoms with Gasteiger partial charge in [-0.1, -0.05) is 6.08 Å². The monoisotopic (exact) mass is 311 g/mol. The summed E-state index contributed by atoms with van der Waals surface area (Å²) in [6.07, 6.45) is 5.21. The molecule has 2 aliphatic rings. The van der Waals surface area contributed by atoms with Gasteiger partial charge in [0, 0.05) is 17.7 Å². The van der Waals surface area contributed by atoms with Gasteiger partial charge in [-0.3, -0.25) is 15.1 Å². The lowest BCUT2D eigenvalue weighted by Gasteiger charge is -2.44. The molecule has 1 aliphatic heterocycles. The Morgan fingerprint density at radius 1 is 1.55 bits per heavy atom. The van der Waals surface area contributed by atoms with E-state index in [4.69, 9.17) is 16.3 Å². The van der Waals surface area contributed by atoms with E-state index in [9.17, 15) is 14.7 Å². The molecule has 0 aromatic heterocycles. The van der Waals surface area contributed by atoms with Crippen molar-refractivity contribution < 1.29 is 23.9 Å². The fourth-order valence-electron chi connectivity index (χ4n) is 2.89. The van der Waals surface area contributed by atoms with E-state index in [1.165, 1.54) is 25.3 Å². The fourth-order valence-corrected chi connectivity index (χ4v) is 2.89. The summed E-state index contributed by atoms with van der Waals surface area (Å²) in [5, 5.41) is 9.49. The molecule has 0 aromatic rings. The Kier molecular flexibility index (Phi) is 4.08. The Hall–Kier alpha value is -2.19. The van der Waals surface area contributed by atoms with Gasteiger partial charge in [0.2, 0.25) is 5.91 Å². The third kappa shape index (κ3) is 2.30. The third-order valence-corrected chi connectivity index (χ3v) is 4.09. The topological polar surface area (TPSA) is 128 Å². The zero-order valence-corrected chi connectivity index (χ0v) is 12.0. The molecule has 0 saturated carbocycles. The van der Waals surface area contributed by atoms with E-state index in [2.05, 4.69) is 5.48 Å². The summed E-state index contributed by atoms with van der Waals surface area (Å²) in [6, 6.07) is 0. The lowest BCUT2D eigenvalue weighted by atomic mass is 9.65. The van der Waals surface area contributed by atoms with Gasteiger partial charge in [-0.2, -0.15) is 0 Å². The molecule has 120 valence electrons. The summed E-state index contributed by atoms with van der Waals surface area (Å²) in [5.41, 5.74) is 8.64. The number of hydrogen-bond donors (Lipinski definition) is 4. The van der Waals surface area contributed by atoms with Crippen molar-refractivity contribution in [1.82, 2.24) is 5.48 Å². The largest absolute Gasteiger partial charge is 0.480 e. The first-order chi connectivity index (χ1) is 10.2. The number of hydroxylamine groups is 1. The predicted octanol–water partition coefficient (Wildman–Crippen LogP) is -0.0968. The Morgan fingerprint density at radius 2 is 2.23 bits per heavy atom. The van der Waals surface area contributed by atoms with Crippen molar-refractivity contribution >= 4 is 11.9 Å². The van der Waals surface area contributed by atoms with Crippen LogP contribution in [0, 0.1) is 5.92 Å². The molecule has 1 heterocycles. The maximum atomic E-state index is 15.9. The van der Waals surface area contributed by atoms with Crippen LogP contribution in [-0.4, -0.2) is 34.8 Å². The molecule has 0 radical (unpaired) electrons. The highest BCUT2D eigenvalue weighted by atomic mass is 19.1. The van der Waals surface area contributed by atoms with E-state index in [1.807, 2.05) is 0 Å². The maximum absolute atomic E-state index is 15.9. The molecule has 2 unspecified atom stereocenters. The SMILES string of the molecule is CC1=CC(C(N)=O)=CC(N)(C(=O)O)C1(F)[C@@H]1C=CNOCC1. The van der Waals surface area contributed by atoms with Crippen molar-refractivity contribution in [1.29, 1.82) is 0 Å². The van der Waals surface area contributed by atoms with Crippen LogP contribution in [0.25, 0.3) is 0 Å². The predicted molar refractivity (Wildman–Crippen MR) is 75.8 cm³/mol. The Balaban J connectivity index is 2.59. The average molecular weight is 311 g/mol. The van der Waals surface area contributed by atoms with E-state index in [0.29, 0.717) is 0 Å². The molecule has 1 aliphatic carbocycles. The summed E-state index contributed by atoms with van der Waals surface area (Å²) in [4.78, 5) is 28.0. The number of carboxylic acids is 1. The van der Waals surface area contributed by atoms with Crippen molar-refractivity contribution in [2.45, 2.75) is 24.6 Å². The minimum absolute atomic E-state index is 0.0326. The molecular formula is C14H18FN3O4. The second kappa shape index (κ2) is 5.54. The number of aliphatic carboxylic acids is 1. The molecule has 7 nitrogen and oxygen atoms in total. The van der Waals surface area contributed by atoms with Gasteiger partial charge in [0.15, 0.2) is 11.2 Å². The van der Waals surface area contributed by atoms with Crippen LogP contribution in [0.4, 0.5) is 4.39 Å². The van der Waals surface area contributed by atoms with E-state index in [-0.39, 0.29) is 24.2 Å². The van der Waals surface area contributed by atoms with Crippen LogP contribution in [0.2, 0.25) is 0 Å². The molecule has 8 heteroatoms. The summed E-state index contributed by atoms with van der Waals surface area (Å²) in [6.45, 7) is 1.58. The quantitative estimate of drug-likeness (QED) is 0.576. The van der Waals surface area contributed by atoms with E-state index in [0.717, 1.165) is 6.08 Å². The summed E-state index contributed by atoms with van der Waals surface area (Å²) >= 11 is 0. The lowest BCUT2D eigenvalue weighted by molar-refractivity contribution is -0.147. The zero-order valence-electron chi connectivity index (χ0n) is 12.0. The average Bonchev–Trinajstić information content (AvgIpc) is 2.73. The molecule has 0 aromatic carbocycles. The molecule has 2 rings (SSSR count). The van der Waals surface area contributed by atoms with Gasteiger partial charge in [-0.15, -0.1) is 0 Å². The lowest BCUT2D eigenvalue weighted by Crippen LogP contribution is -2.66. The number of nitrogens with two attached hydrogens (primary N) is 2. The van der Waals surface area contributed by atoms with Crippen molar-refractivity contribution in [2.75, 3.05) is 6.61 Å². The number of nitrogens with one attached hydrogen (secondary N) is 1. The number of hydrogen-bond acceptors (Lipinski definition) is 5. The molecule has 0 saturated heterocycles. The molecule has 0 fully saturated rings. The zero-order chi connectivity index (χ0) is 16.5. The summed E-state index contributed by atoms with van der Waals surface area (Å²) < 4.78 is 15.9. The molecule has 22 heavy (non-hydrogen) atoms. The summed E-state index contributed by atoms with van der Waals surface area (Å²) in [5.74, 6) is -3.28. The van der Waals surface area contributed by atoms with Gasteiger partial charge < -0.3 is 16.6 Å². The Morgan fingerprint density at radius 3 is 2.82 bits per heavy atom. The van der Waals surface area contributed by atoms with E-state index in [1.54, 1.807) is 0 Å². The number of carbonyl (C=O) groups excluding carboxylic acids is 1. The third-order valence-electron chi connectivity index (χ3n) is 4.09. The number of rotatable bonds is 3. The molecule has 0 spiro atoms. The second-order valence-corrected chi connectivity index (χ2v) is 5.40. The van der Waals surface area contributed by atoms with Gasteiger partial charge in [0.25, 0.3) is 0 Å². The van der Waals surface area contributed by atoms with E-state index < -0.39 is 29.0 Å². The first kappa shape index (κ1) is 16.2. The van der Waals surface area contributed by atoms with Gasteiger partial charge >= 0.3 is 5.97 Å². The Labute approximate surface area is 126 Å². The van der Waals surface area contributed by atoms with Crippen LogP contribution < -0.4 is 16.9 Å². The number of carboxylic acid groups (broad SMARTS) is 1. The van der Waals surface area contributed by atoms with Crippen LogP contribution in [0.15, 0.2) is 35.6 Å². The number of amides is 1. The van der Waals surface area contributed by atoms with Gasteiger partial charge in [0.1, 0.15) is 0 Å². The highest BCUT2D eigenvalue weighted by Crippen LogP contribution is 2.46. The number of halogens is 1. The second-order valence-electron chi connectivity index (χ2n) is 5.40. The van der Waals surface area contributed by atoms with Crippen molar-refractivity contribution in [3.63, 3.8) is 0 Å². The molecule has 0 bridgehead atoms. The summed E-state index contributed by atoms with van der Waals surface area (Å²) in [7, 11) is 0. The first-order valence-electron chi connectivity index (χ1n) is 6.70. The van der Waals surface area contributed by atoms with Crippen LogP contribution in [0.1, 0.15) is 13.3 Å². The Bertz CT molecular complexity index is 601. The van der Waals surface area contributed by atoms with Crippen molar-refractivity contribution in [3.8, 4) is 0 Å². The normalized spacial score (nSPS) is 35.0. The number of alkyl halides is 1. The number of primary amides is 1. The van der Waals surface area contributed by atoms with Crippen molar-refractivity contribution in [2.24, 2.45) is 17.4 Å². The molecule has 3 atom stereocenters. The highest BCUT2D eigenvalue weighted by molar-refractivity contribution is 5.98. The number of allylic oxidation sites excluding steroid dienone is 1. The number of carbonyl (C=O) groups is 2. The van der Waals surface area contributed by atoms with Crippen LogP contribution in [0.3, 0.4) is 0 Å². The fraction of sp³-hybridized carbons (Fsp3) is 0.429. The van der Waals surface area contributed by atoms with E-state index >= 15 is 4.39 Å². The van der Waals surface area contributed by atoms with Gasteiger partial charge in [-0.05, 0) is 31.1 Å².